The fourth-order valence-electron chi connectivity index (χ4n) is 4.33. The number of carbonyl (C=O) groups excluding carboxylic acids is 1. The van der Waals surface area contributed by atoms with Crippen molar-refractivity contribution in [1.82, 2.24) is 5.32 Å². The summed E-state index contributed by atoms with van der Waals surface area (Å²) in [5.41, 5.74) is 7.30. The molecule has 0 saturated heterocycles. The number of nitrogens with one attached hydrogen (secondary N) is 1. The van der Waals surface area contributed by atoms with E-state index in [1.54, 1.807) is 0 Å². The predicted molar refractivity (Wildman–Crippen MR) is 119 cm³/mol. The maximum absolute atomic E-state index is 12.7. The van der Waals surface area contributed by atoms with Crippen molar-refractivity contribution in [2.24, 2.45) is 0 Å². The van der Waals surface area contributed by atoms with E-state index in [-0.39, 0.29) is 18.9 Å². The third-order valence-corrected chi connectivity index (χ3v) is 5.82. The number of fused-ring (bicyclic) bond motifs is 3. The number of aryl methyl sites for hydroxylation is 2. The number of carboxylic acid groups (broad SMARTS) is 1. The molecule has 3 aromatic rings. The van der Waals surface area contributed by atoms with Crippen LogP contribution in [-0.2, 0) is 9.53 Å². The van der Waals surface area contributed by atoms with E-state index in [1.165, 1.54) is 0 Å². The van der Waals surface area contributed by atoms with Crippen LogP contribution >= 0.6 is 0 Å². The monoisotopic (exact) mass is 415 g/mol. The first-order valence-corrected chi connectivity index (χ1v) is 10.3. The summed E-state index contributed by atoms with van der Waals surface area (Å²) in [7, 11) is 0. The number of carbonyl (C=O) groups is 2. The average Bonchev–Trinajstić information content (AvgIpc) is 3.07. The van der Waals surface area contributed by atoms with Crippen molar-refractivity contribution < 1.29 is 19.4 Å². The standard InChI is InChI=1S/C26H25NO4/c1-16-11-12-17(2)22(13-16)24(14-25(28)29)27-26(30)31-15-23-20-9-5-3-7-18(20)19-8-4-6-10-21(19)23/h3-13,23-24H,14-15H2,1-2H3,(H,27,30)(H,28,29)/t24-/m1/s1. The van der Waals surface area contributed by atoms with Crippen LogP contribution in [0.2, 0.25) is 0 Å². The van der Waals surface area contributed by atoms with E-state index in [2.05, 4.69) is 29.6 Å². The summed E-state index contributed by atoms with van der Waals surface area (Å²) in [5.74, 6) is -1.03. The Morgan fingerprint density at radius 2 is 1.58 bits per heavy atom. The lowest BCUT2D eigenvalue weighted by Gasteiger charge is -2.21. The molecule has 0 aromatic heterocycles. The van der Waals surface area contributed by atoms with E-state index in [4.69, 9.17) is 4.74 Å². The van der Waals surface area contributed by atoms with Crippen LogP contribution in [0.4, 0.5) is 4.79 Å². The Kier molecular flexibility index (Phi) is 5.76. The number of amides is 1. The van der Waals surface area contributed by atoms with Crippen LogP contribution in [0.1, 0.15) is 46.2 Å². The van der Waals surface area contributed by atoms with Gasteiger partial charge in [-0.05, 0) is 47.2 Å². The molecule has 4 rings (SSSR count). The zero-order chi connectivity index (χ0) is 22.0. The second-order valence-electron chi connectivity index (χ2n) is 7.98. The number of carboxylic acids is 1. The maximum Gasteiger partial charge on any atom is 0.407 e. The molecule has 5 heteroatoms. The summed E-state index contributed by atoms with van der Waals surface area (Å²) < 4.78 is 5.60. The summed E-state index contributed by atoms with van der Waals surface area (Å²) in [6.45, 7) is 4.03. The van der Waals surface area contributed by atoms with Crippen molar-refractivity contribution in [1.29, 1.82) is 0 Å². The van der Waals surface area contributed by atoms with Gasteiger partial charge in [0.25, 0.3) is 0 Å². The average molecular weight is 415 g/mol. The van der Waals surface area contributed by atoms with Crippen molar-refractivity contribution in [3.63, 3.8) is 0 Å². The minimum absolute atomic E-state index is 0.0446. The quantitative estimate of drug-likeness (QED) is 0.568. The Morgan fingerprint density at radius 1 is 0.968 bits per heavy atom. The van der Waals surface area contributed by atoms with Gasteiger partial charge in [0.05, 0.1) is 12.5 Å². The van der Waals surface area contributed by atoms with E-state index in [9.17, 15) is 14.7 Å². The molecule has 1 amide bonds. The number of rotatable bonds is 6. The zero-order valence-corrected chi connectivity index (χ0v) is 17.6. The number of benzene rings is 3. The van der Waals surface area contributed by atoms with Gasteiger partial charge >= 0.3 is 12.1 Å². The SMILES string of the molecule is Cc1ccc(C)c([C@@H](CC(=O)O)NC(=O)OCC2c3ccccc3-c3ccccc32)c1. The molecule has 158 valence electrons. The Morgan fingerprint density at radius 3 is 2.19 bits per heavy atom. The minimum Gasteiger partial charge on any atom is -0.481 e. The van der Waals surface area contributed by atoms with Gasteiger partial charge < -0.3 is 15.2 Å². The van der Waals surface area contributed by atoms with Gasteiger partial charge in [0.1, 0.15) is 6.61 Å². The molecule has 1 aliphatic carbocycles. The Hall–Kier alpha value is -3.60. The first kappa shape index (κ1) is 20.7. The van der Waals surface area contributed by atoms with Crippen LogP contribution in [-0.4, -0.2) is 23.8 Å². The first-order valence-electron chi connectivity index (χ1n) is 10.3. The molecule has 0 aliphatic heterocycles. The number of aliphatic carboxylic acids is 1. The summed E-state index contributed by atoms with van der Waals surface area (Å²) >= 11 is 0. The van der Waals surface area contributed by atoms with Crippen molar-refractivity contribution in [3.05, 3.63) is 94.5 Å². The highest BCUT2D eigenvalue weighted by Crippen LogP contribution is 2.44. The molecule has 0 radical (unpaired) electrons. The third-order valence-electron chi connectivity index (χ3n) is 5.82. The van der Waals surface area contributed by atoms with Crippen LogP contribution in [0.3, 0.4) is 0 Å². The second kappa shape index (κ2) is 8.64. The van der Waals surface area contributed by atoms with Gasteiger partial charge in [-0.15, -0.1) is 0 Å². The molecule has 3 aromatic carbocycles. The Labute approximate surface area is 181 Å². The van der Waals surface area contributed by atoms with Crippen LogP contribution in [0, 0.1) is 13.8 Å². The van der Waals surface area contributed by atoms with Gasteiger partial charge in [-0.2, -0.15) is 0 Å². The normalized spacial score (nSPS) is 13.2. The van der Waals surface area contributed by atoms with E-state index in [0.717, 1.165) is 38.9 Å². The van der Waals surface area contributed by atoms with Crippen molar-refractivity contribution in [2.45, 2.75) is 32.2 Å². The van der Waals surface area contributed by atoms with Gasteiger partial charge in [-0.25, -0.2) is 4.79 Å². The van der Waals surface area contributed by atoms with E-state index in [0.29, 0.717) is 0 Å². The molecule has 0 bridgehead atoms. The largest absolute Gasteiger partial charge is 0.481 e. The number of hydrogen-bond acceptors (Lipinski definition) is 3. The zero-order valence-electron chi connectivity index (χ0n) is 17.6. The second-order valence-corrected chi connectivity index (χ2v) is 7.98. The molecule has 2 N–H and O–H groups in total. The molecular formula is C26H25NO4. The van der Waals surface area contributed by atoms with E-state index >= 15 is 0 Å². The van der Waals surface area contributed by atoms with Gasteiger partial charge in [0.2, 0.25) is 0 Å². The van der Waals surface area contributed by atoms with E-state index in [1.807, 2.05) is 56.3 Å². The minimum atomic E-state index is -0.982. The van der Waals surface area contributed by atoms with Gasteiger partial charge in [-0.1, -0.05) is 72.3 Å². The van der Waals surface area contributed by atoms with E-state index < -0.39 is 18.1 Å². The van der Waals surface area contributed by atoms with Crippen LogP contribution < -0.4 is 5.32 Å². The predicted octanol–water partition coefficient (Wildman–Crippen LogP) is 5.36. The number of ether oxygens (including phenoxy) is 1. The maximum atomic E-state index is 12.7. The van der Waals surface area contributed by atoms with Crippen molar-refractivity contribution in [3.8, 4) is 11.1 Å². The molecule has 0 unspecified atom stereocenters. The van der Waals surface area contributed by atoms with Crippen molar-refractivity contribution in [2.75, 3.05) is 6.61 Å². The lowest BCUT2D eigenvalue weighted by molar-refractivity contribution is -0.137. The highest BCUT2D eigenvalue weighted by Gasteiger charge is 2.29. The van der Waals surface area contributed by atoms with Gasteiger partial charge in [-0.3, -0.25) is 4.79 Å². The Balaban J connectivity index is 1.50. The molecule has 0 heterocycles. The van der Waals surface area contributed by atoms with Crippen LogP contribution in [0.25, 0.3) is 11.1 Å². The Bertz CT molecular complexity index is 1090. The summed E-state index contributed by atoms with van der Waals surface area (Å²) in [5, 5.41) is 12.1. The summed E-state index contributed by atoms with van der Waals surface area (Å²) in [6.07, 6.45) is -0.830. The molecule has 5 nitrogen and oxygen atoms in total. The third kappa shape index (κ3) is 4.31. The van der Waals surface area contributed by atoms with Crippen LogP contribution in [0.15, 0.2) is 66.7 Å². The lowest BCUT2D eigenvalue weighted by Crippen LogP contribution is -2.32. The topological polar surface area (TPSA) is 75.6 Å². The fourth-order valence-corrected chi connectivity index (χ4v) is 4.33. The fraction of sp³-hybridized carbons (Fsp3) is 0.231. The number of hydrogen-bond donors (Lipinski definition) is 2. The molecule has 0 saturated carbocycles. The molecular weight excluding hydrogens is 390 g/mol. The smallest absolute Gasteiger partial charge is 0.407 e. The first-order chi connectivity index (χ1) is 14.9. The van der Waals surface area contributed by atoms with Crippen molar-refractivity contribution >= 4 is 12.1 Å². The summed E-state index contributed by atoms with van der Waals surface area (Å²) in [6, 6.07) is 21.4. The van der Waals surface area contributed by atoms with Gasteiger partial charge in [0, 0.05) is 5.92 Å². The molecule has 0 spiro atoms. The molecule has 1 atom stereocenters. The highest BCUT2D eigenvalue weighted by atomic mass is 16.5. The molecule has 0 fully saturated rings. The highest BCUT2D eigenvalue weighted by molar-refractivity contribution is 5.79. The van der Waals surface area contributed by atoms with Gasteiger partial charge in [0.15, 0.2) is 0 Å². The van der Waals surface area contributed by atoms with Crippen LogP contribution in [0.5, 0.6) is 0 Å². The number of alkyl carbamates (subject to hydrolysis) is 1. The lowest BCUT2D eigenvalue weighted by atomic mass is 9.97. The molecule has 31 heavy (non-hydrogen) atoms. The summed E-state index contributed by atoms with van der Waals surface area (Å²) in [4.78, 5) is 24.1. The molecule has 1 aliphatic rings.